The first-order chi connectivity index (χ1) is 9.58. The van der Waals surface area contributed by atoms with Crippen LogP contribution in [0.3, 0.4) is 0 Å². The summed E-state index contributed by atoms with van der Waals surface area (Å²) in [6.45, 7) is 1.59. The molecular weight excluding hydrogens is 262 g/mol. The van der Waals surface area contributed by atoms with E-state index in [1.54, 1.807) is 0 Å². The molecule has 1 saturated carbocycles. The first-order valence-electron chi connectivity index (χ1n) is 7.12. The van der Waals surface area contributed by atoms with Crippen molar-refractivity contribution < 1.29 is 19.5 Å². The molecule has 7 nitrogen and oxygen atoms in total. The molecule has 1 aliphatic heterocycles. The van der Waals surface area contributed by atoms with Crippen molar-refractivity contribution in [2.45, 2.75) is 38.1 Å². The van der Waals surface area contributed by atoms with E-state index in [1.807, 2.05) is 4.90 Å². The maximum absolute atomic E-state index is 11.9. The number of nitrogens with zero attached hydrogens (tertiary/aromatic N) is 2. The van der Waals surface area contributed by atoms with Crippen molar-refractivity contribution in [2.75, 3.05) is 26.2 Å². The van der Waals surface area contributed by atoms with Gasteiger partial charge in [0.1, 0.15) is 6.54 Å². The van der Waals surface area contributed by atoms with E-state index in [1.165, 1.54) is 4.90 Å². The van der Waals surface area contributed by atoms with E-state index in [9.17, 15) is 14.4 Å². The van der Waals surface area contributed by atoms with Gasteiger partial charge in [0.2, 0.25) is 5.91 Å². The Balaban J connectivity index is 1.70. The van der Waals surface area contributed by atoms with Gasteiger partial charge in [-0.2, -0.15) is 0 Å². The molecule has 0 aromatic carbocycles. The fraction of sp³-hybridized carbons (Fsp3) is 0.769. The SMILES string of the molecule is O=C(O)CN(C(=O)NCCC(=O)N1CCCC1)C1CC1. The Kier molecular flexibility index (Phi) is 4.81. The minimum Gasteiger partial charge on any atom is -0.480 e. The predicted molar refractivity (Wildman–Crippen MR) is 71.2 cm³/mol. The van der Waals surface area contributed by atoms with Gasteiger partial charge >= 0.3 is 12.0 Å². The number of carboxylic acids is 1. The molecule has 1 heterocycles. The zero-order valence-corrected chi connectivity index (χ0v) is 11.5. The van der Waals surface area contributed by atoms with Gasteiger partial charge in [0.05, 0.1) is 0 Å². The third-order valence-corrected chi connectivity index (χ3v) is 3.63. The normalized spacial score (nSPS) is 17.9. The number of aliphatic carboxylic acids is 1. The molecule has 20 heavy (non-hydrogen) atoms. The van der Waals surface area contributed by atoms with Crippen molar-refractivity contribution in [3.8, 4) is 0 Å². The summed E-state index contributed by atoms with van der Waals surface area (Å²) in [7, 11) is 0. The molecule has 112 valence electrons. The molecule has 2 fully saturated rings. The van der Waals surface area contributed by atoms with Crippen molar-refractivity contribution >= 4 is 17.9 Å². The summed E-state index contributed by atoms with van der Waals surface area (Å²) in [5.74, 6) is -0.959. The third kappa shape index (κ3) is 4.11. The van der Waals surface area contributed by atoms with Crippen LogP contribution in [0.15, 0.2) is 0 Å². The number of hydrogen-bond acceptors (Lipinski definition) is 3. The van der Waals surface area contributed by atoms with E-state index in [0.717, 1.165) is 38.8 Å². The zero-order chi connectivity index (χ0) is 14.5. The summed E-state index contributed by atoms with van der Waals surface area (Å²) in [6.07, 6.45) is 4.08. The fourth-order valence-corrected chi connectivity index (χ4v) is 2.40. The molecule has 3 amide bonds. The molecule has 0 bridgehead atoms. The molecule has 0 radical (unpaired) electrons. The lowest BCUT2D eigenvalue weighted by Crippen LogP contribution is -2.45. The molecule has 0 unspecified atom stereocenters. The van der Waals surface area contributed by atoms with Crippen molar-refractivity contribution in [3.63, 3.8) is 0 Å². The first-order valence-corrected chi connectivity index (χ1v) is 7.12. The highest BCUT2D eigenvalue weighted by Gasteiger charge is 2.33. The molecule has 2 N–H and O–H groups in total. The van der Waals surface area contributed by atoms with E-state index >= 15 is 0 Å². The van der Waals surface area contributed by atoms with Gasteiger partial charge in [-0.1, -0.05) is 0 Å². The number of carbonyl (C=O) groups excluding carboxylic acids is 2. The van der Waals surface area contributed by atoms with E-state index in [0.29, 0.717) is 0 Å². The van der Waals surface area contributed by atoms with E-state index in [4.69, 9.17) is 5.11 Å². The topological polar surface area (TPSA) is 90.0 Å². The highest BCUT2D eigenvalue weighted by Crippen LogP contribution is 2.26. The molecule has 0 aromatic rings. The Morgan fingerprint density at radius 1 is 1.20 bits per heavy atom. The van der Waals surface area contributed by atoms with Gasteiger partial charge in [0.25, 0.3) is 0 Å². The van der Waals surface area contributed by atoms with Crippen LogP contribution in [0.5, 0.6) is 0 Å². The summed E-state index contributed by atoms with van der Waals surface area (Å²) in [5, 5.41) is 11.4. The van der Waals surface area contributed by atoms with Gasteiger partial charge in [-0.15, -0.1) is 0 Å². The summed E-state index contributed by atoms with van der Waals surface area (Å²) >= 11 is 0. The largest absolute Gasteiger partial charge is 0.480 e. The fourth-order valence-electron chi connectivity index (χ4n) is 2.40. The Morgan fingerprint density at radius 3 is 2.40 bits per heavy atom. The average molecular weight is 283 g/mol. The van der Waals surface area contributed by atoms with Gasteiger partial charge < -0.3 is 20.2 Å². The Morgan fingerprint density at radius 2 is 1.85 bits per heavy atom. The quantitative estimate of drug-likeness (QED) is 0.731. The maximum atomic E-state index is 11.9. The Bertz CT molecular complexity index is 389. The predicted octanol–water partition coefficient (Wildman–Crippen LogP) is 0.258. The summed E-state index contributed by atoms with van der Waals surface area (Å²) < 4.78 is 0. The maximum Gasteiger partial charge on any atom is 0.323 e. The second-order valence-electron chi connectivity index (χ2n) is 5.32. The number of carboxylic acid groups (broad SMARTS) is 1. The van der Waals surface area contributed by atoms with Crippen LogP contribution in [0.2, 0.25) is 0 Å². The number of rotatable bonds is 6. The molecule has 1 saturated heterocycles. The number of nitrogens with one attached hydrogen (secondary N) is 1. The number of amides is 3. The number of hydrogen-bond donors (Lipinski definition) is 2. The van der Waals surface area contributed by atoms with Gasteiger partial charge in [0.15, 0.2) is 0 Å². The second-order valence-corrected chi connectivity index (χ2v) is 5.32. The van der Waals surface area contributed by atoms with E-state index in [-0.39, 0.29) is 37.5 Å². The Hall–Kier alpha value is -1.79. The van der Waals surface area contributed by atoms with Crippen LogP contribution < -0.4 is 5.32 Å². The molecule has 2 rings (SSSR count). The number of urea groups is 1. The molecule has 7 heteroatoms. The van der Waals surface area contributed by atoms with Crippen LogP contribution in [-0.4, -0.2) is 65.0 Å². The zero-order valence-electron chi connectivity index (χ0n) is 11.5. The van der Waals surface area contributed by atoms with Crippen LogP contribution in [0.25, 0.3) is 0 Å². The molecule has 0 aromatic heterocycles. The van der Waals surface area contributed by atoms with E-state index < -0.39 is 5.97 Å². The van der Waals surface area contributed by atoms with Crippen LogP contribution in [0.1, 0.15) is 32.1 Å². The van der Waals surface area contributed by atoms with Crippen LogP contribution >= 0.6 is 0 Å². The number of carbonyl (C=O) groups is 3. The summed E-state index contributed by atoms with van der Waals surface area (Å²) in [6, 6.07) is -0.343. The number of likely N-dealkylation sites (tertiary alicyclic amines) is 1. The molecular formula is C13H21N3O4. The lowest BCUT2D eigenvalue weighted by atomic mass is 10.3. The van der Waals surface area contributed by atoms with Gasteiger partial charge in [-0.05, 0) is 25.7 Å². The summed E-state index contributed by atoms with van der Waals surface area (Å²) in [4.78, 5) is 37.5. The van der Waals surface area contributed by atoms with Crippen molar-refractivity contribution in [1.82, 2.24) is 15.1 Å². The summed E-state index contributed by atoms with van der Waals surface area (Å²) in [5.41, 5.74) is 0. The lowest BCUT2D eigenvalue weighted by molar-refractivity contribution is -0.137. The highest BCUT2D eigenvalue weighted by molar-refractivity contribution is 5.81. The Labute approximate surface area is 117 Å². The van der Waals surface area contributed by atoms with Crippen LogP contribution in [0.4, 0.5) is 4.79 Å². The molecule has 1 aliphatic carbocycles. The average Bonchev–Trinajstić information content (AvgIpc) is 3.08. The first kappa shape index (κ1) is 14.6. The second kappa shape index (κ2) is 6.58. The van der Waals surface area contributed by atoms with Crippen LogP contribution in [0, 0.1) is 0 Å². The van der Waals surface area contributed by atoms with Gasteiger partial charge in [0, 0.05) is 32.1 Å². The molecule has 0 atom stereocenters. The highest BCUT2D eigenvalue weighted by atomic mass is 16.4. The van der Waals surface area contributed by atoms with Crippen molar-refractivity contribution in [2.24, 2.45) is 0 Å². The molecule has 0 spiro atoms. The minimum absolute atomic E-state index is 0.0420. The molecule has 2 aliphatic rings. The van der Waals surface area contributed by atoms with Gasteiger partial charge in [-0.3, -0.25) is 9.59 Å². The van der Waals surface area contributed by atoms with E-state index in [2.05, 4.69) is 5.32 Å². The van der Waals surface area contributed by atoms with Crippen LogP contribution in [-0.2, 0) is 9.59 Å². The monoisotopic (exact) mass is 283 g/mol. The lowest BCUT2D eigenvalue weighted by Gasteiger charge is -2.21. The van der Waals surface area contributed by atoms with Crippen molar-refractivity contribution in [1.29, 1.82) is 0 Å². The minimum atomic E-state index is -1.01. The smallest absolute Gasteiger partial charge is 0.323 e. The third-order valence-electron chi connectivity index (χ3n) is 3.63. The van der Waals surface area contributed by atoms with Crippen molar-refractivity contribution in [3.05, 3.63) is 0 Å². The van der Waals surface area contributed by atoms with Gasteiger partial charge in [-0.25, -0.2) is 4.79 Å². The standard InChI is InChI=1S/C13H21N3O4/c17-11(15-7-1-2-8-15)5-6-14-13(20)16(9-12(18)19)10-3-4-10/h10H,1-9H2,(H,14,20)(H,18,19).